The van der Waals surface area contributed by atoms with Crippen LogP contribution in [0.2, 0.25) is 0 Å². The SMILES string of the molecule is CC12CCC3C(C)(CO)C(O)CCC3(C)C1CC(O)C1C(O)(CCC3C(C)(C)C(O)CCC13C)C2. The molecule has 0 aromatic rings. The van der Waals surface area contributed by atoms with Crippen LogP contribution in [0.15, 0.2) is 0 Å². The minimum absolute atomic E-state index is 0.00979. The van der Waals surface area contributed by atoms with E-state index in [0.29, 0.717) is 19.3 Å². The van der Waals surface area contributed by atoms with Gasteiger partial charge in [-0.05, 0) is 104 Å². The quantitative estimate of drug-likeness (QED) is 0.376. The molecule has 0 aliphatic heterocycles. The second-order valence-corrected chi connectivity index (χ2v) is 15.6. The molecule has 0 heterocycles. The Bertz CT molecular complexity index is 845. The number of fused-ring (bicyclic) bond motifs is 6. The van der Waals surface area contributed by atoms with E-state index in [4.69, 9.17) is 0 Å². The van der Waals surface area contributed by atoms with Gasteiger partial charge in [0.2, 0.25) is 0 Å². The number of hydrogen-bond acceptors (Lipinski definition) is 5. The number of aliphatic hydroxyl groups excluding tert-OH is 4. The van der Waals surface area contributed by atoms with Crippen LogP contribution in [0.3, 0.4) is 0 Å². The van der Waals surface area contributed by atoms with Crippen molar-refractivity contribution < 1.29 is 25.5 Å². The summed E-state index contributed by atoms with van der Waals surface area (Å²) in [6.07, 6.45) is 6.67. The summed E-state index contributed by atoms with van der Waals surface area (Å²) < 4.78 is 0. The summed E-state index contributed by atoms with van der Waals surface area (Å²) in [6.45, 7) is 13.4. The van der Waals surface area contributed by atoms with E-state index in [-0.39, 0.29) is 58.0 Å². The predicted octanol–water partition coefficient (Wildman–Crippen LogP) is 4.28. The topological polar surface area (TPSA) is 101 Å². The van der Waals surface area contributed by atoms with Gasteiger partial charge in [-0.15, -0.1) is 0 Å². The lowest BCUT2D eigenvalue weighted by Gasteiger charge is -2.65. The van der Waals surface area contributed by atoms with Crippen molar-refractivity contribution in [3.05, 3.63) is 0 Å². The van der Waals surface area contributed by atoms with Crippen molar-refractivity contribution in [2.24, 2.45) is 50.7 Å². The Hall–Kier alpha value is -0.200. The normalized spacial score (nSPS) is 59.9. The second kappa shape index (κ2) is 7.91. The Morgan fingerprint density at radius 3 is 1.94 bits per heavy atom. The molecule has 0 aromatic carbocycles. The first-order valence-corrected chi connectivity index (χ1v) is 14.5. The molecule has 0 spiro atoms. The Morgan fingerprint density at radius 2 is 1.29 bits per heavy atom. The predicted molar refractivity (Wildman–Crippen MR) is 136 cm³/mol. The van der Waals surface area contributed by atoms with Crippen LogP contribution < -0.4 is 0 Å². The number of rotatable bonds is 1. The van der Waals surface area contributed by atoms with Crippen LogP contribution in [0.25, 0.3) is 0 Å². The van der Waals surface area contributed by atoms with Gasteiger partial charge in [0.05, 0.1) is 30.5 Å². The minimum atomic E-state index is -0.899. The van der Waals surface area contributed by atoms with Crippen LogP contribution >= 0.6 is 0 Å². The van der Waals surface area contributed by atoms with Gasteiger partial charge in [0.1, 0.15) is 0 Å². The maximum atomic E-state index is 12.5. The largest absolute Gasteiger partial charge is 0.396 e. The molecule has 35 heavy (non-hydrogen) atoms. The van der Waals surface area contributed by atoms with Gasteiger partial charge in [-0.2, -0.15) is 0 Å². The Kier molecular flexibility index (Phi) is 5.97. The Balaban J connectivity index is 1.56. The first kappa shape index (κ1) is 26.4. The molecule has 5 rings (SSSR count). The van der Waals surface area contributed by atoms with E-state index in [0.717, 1.165) is 44.9 Å². The molecule has 5 aliphatic rings. The average Bonchev–Trinajstić information content (AvgIpc) is 2.86. The summed E-state index contributed by atoms with van der Waals surface area (Å²) in [5.74, 6) is 0.526. The highest BCUT2D eigenvalue weighted by atomic mass is 16.3. The molecular weight excluding hydrogens is 440 g/mol. The van der Waals surface area contributed by atoms with Gasteiger partial charge in [0.15, 0.2) is 0 Å². The summed E-state index contributed by atoms with van der Waals surface area (Å²) in [6, 6.07) is 0. The van der Waals surface area contributed by atoms with E-state index in [9.17, 15) is 25.5 Å². The highest BCUT2D eigenvalue weighted by molar-refractivity contribution is 5.18. The molecule has 5 N–H and O–H groups in total. The zero-order valence-corrected chi connectivity index (χ0v) is 23.1. The standard InChI is InChI=1S/C30H52O5/c1-25(2)19-8-14-30(35)16-26(3)11-7-20-27(4,12-10-23(34)29(20,6)17-31)21(26)15-18(32)24(30)28(19,5)13-9-22(25)33/h18-24,31-35H,7-17H2,1-6H3. The van der Waals surface area contributed by atoms with Crippen LogP contribution in [0.1, 0.15) is 106 Å². The maximum absolute atomic E-state index is 12.5. The summed E-state index contributed by atoms with van der Waals surface area (Å²) >= 11 is 0. The van der Waals surface area contributed by atoms with Gasteiger partial charge in [0, 0.05) is 11.3 Å². The first-order valence-electron chi connectivity index (χ1n) is 14.5. The third kappa shape index (κ3) is 3.36. The molecule has 12 atom stereocenters. The molecule has 5 nitrogen and oxygen atoms in total. The molecule has 5 saturated carbocycles. The Morgan fingerprint density at radius 1 is 0.686 bits per heavy atom. The first-order chi connectivity index (χ1) is 16.1. The maximum Gasteiger partial charge on any atom is 0.0711 e. The molecular formula is C30H52O5. The molecule has 0 radical (unpaired) electrons. The molecule has 5 fully saturated rings. The van der Waals surface area contributed by atoms with Crippen LogP contribution in [-0.2, 0) is 0 Å². The highest BCUT2D eigenvalue weighted by Crippen LogP contribution is 2.71. The minimum Gasteiger partial charge on any atom is -0.396 e. The molecule has 0 bridgehead atoms. The van der Waals surface area contributed by atoms with Crippen molar-refractivity contribution in [2.75, 3.05) is 6.61 Å². The molecule has 12 unspecified atom stereocenters. The molecule has 5 aliphatic carbocycles. The van der Waals surface area contributed by atoms with E-state index in [1.54, 1.807) is 0 Å². The van der Waals surface area contributed by atoms with Crippen LogP contribution in [-0.4, -0.2) is 56.1 Å². The van der Waals surface area contributed by atoms with Crippen LogP contribution in [0, 0.1) is 50.7 Å². The second-order valence-electron chi connectivity index (χ2n) is 15.6. The van der Waals surface area contributed by atoms with Crippen molar-refractivity contribution in [2.45, 2.75) is 130 Å². The molecule has 0 amide bonds. The monoisotopic (exact) mass is 492 g/mol. The zero-order chi connectivity index (χ0) is 25.8. The van der Waals surface area contributed by atoms with Crippen molar-refractivity contribution >= 4 is 0 Å². The van der Waals surface area contributed by atoms with Gasteiger partial charge in [0.25, 0.3) is 0 Å². The third-order valence-corrected chi connectivity index (χ3v) is 13.5. The van der Waals surface area contributed by atoms with Crippen molar-refractivity contribution in [3.8, 4) is 0 Å². The van der Waals surface area contributed by atoms with Gasteiger partial charge in [-0.25, -0.2) is 0 Å². The lowest BCUT2D eigenvalue weighted by atomic mass is 9.41. The highest BCUT2D eigenvalue weighted by Gasteiger charge is 2.69. The molecule has 5 heteroatoms. The van der Waals surface area contributed by atoms with Gasteiger partial charge in [-0.1, -0.05) is 41.5 Å². The lowest BCUT2D eigenvalue weighted by Crippen LogP contribution is -2.64. The fourth-order valence-electron chi connectivity index (χ4n) is 11.8. The Labute approximate surface area is 212 Å². The van der Waals surface area contributed by atoms with E-state index >= 15 is 0 Å². The van der Waals surface area contributed by atoms with E-state index < -0.39 is 23.2 Å². The molecule has 0 aromatic heterocycles. The summed E-state index contributed by atoms with van der Waals surface area (Å²) in [5, 5.41) is 56.7. The fraction of sp³-hybridized carbons (Fsp3) is 1.00. The van der Waals surface area contributed by atoms with Crippen LogP contribution in [0.4, 0.5) is 0 Å². The summed E-state index contributed by atoms with van der Waals surface area (Å²) in [5.41, 5.74) is -2.02. The van der Waals surface area contributed by atoms with E-state index in [1.165, 1.54) is 0 Å². The van der Waals surface area contributed by atoms with Crippen molar-refractivity contribution in [1.29, 1.82) is 0 Å². The average molecular weight is 493 g/mol. The van der Waals surface area contributed by atoms with Crippen LogP contribution in [0.5, 0.6) is 0 Å². The third-order valence-electron chi connectivity index (χ3n) is 13.5. The van der Waals surface area contributed by atoms with Crippen molar-refractivity contribution in [1.82, 2.24) is 0 Å². The van der Waals surface area contributed by atoms with E-state index in [1.807, 2.05) is 0 Å². The lowest BCUT2D eigenvalue weighted by molar-refractivity contribution is -0.228. The summed E-state index contributed by atoms with van der Waals surface area (Å²) in [7, 11) is 0. The van der Waals surface area contributed by atoms with Crippen molar-refractivity contribution in [3.63, 3.8) is 0 Å². The number of hydrogen-bond donors (Lipinski definition) is 5. The van der Waals surface area contributed by atoms with Gasteiger partial charge in [-0.3, -0.25) is 0 Å². The van der Waals surface area contributed by atoms with Gasteiger partial charge >= 0.3 is 0 Å². The fourth-order valence-corrected chi connectivity index (χ4v) is 11.8. The smallest absolute Gasteiger partial charge is 0.0711 e. The molecule has 202 valence electrons. The van der Waals surface area contributed by atoms with Gasteiger partial charge < -0.3 is 25.5 Å². The van der Waals surface area contributed by atoms with E-state index in [2.05, 4.69) is 41.5 Å². The number of aliphatic hydroxyl groups is 5. The molecule has 0 saturated heterocycles. The summed E-state index contributed by atoms with van der Waals surface area (Å²) in [4.78, 5) is 0. The zero-order valence-electron chi connectivity index (χ0n) is 23.1.